The van der Waals surface area contributed by atoms with Gasteiger partial charge in [0.1, 0.15) is 23.4 Å². The van der Waals surface area contributed by atoms with Crippen molar-refractivity contribution in [2.24, 2.45) is 5.92 Å². The second kappa shape index (κ2) is 10.4. The number of pyridine rings is 1. The number of rotatable bonds is 4. The third-order valence-corrected chi connectivity index (χ3v) is 8.28. The summed E-state index contributed by atoms with van der Waals surface area (Å²) in [5.41, 5.74) is -1.33. The fourth-order valence-electron chi connectivity index (χ4n) is 5.34. The Morgan fingerprint density at radius 1 is 1.26 bits per heavy atom. The van der Waals surface area contributed by atoms with E-state index in [-0.39, 0.29) is 24.9 Å². The summed E-state index contributed by atoms with van der Waals surface area (Å²) >= 11 is 3.52. The predicted molar refractivity (Wildman–Crippen MR) is 143 cm³/mol. The quantitative estimate of drug-likeness (QED) is 0.525. The maximum atomic E-state index is 13.5. The summed E-state index contributed by atoms with van der Waals surface area (Å²) in [7, 11) is 3.32. The molecule has 4 atom stereocenters. The van der Waals surface area contributed by atoms with Gasteiger partial charge in [0.05, 0.1) is 13.7 Å². The van der Waals surface area contributed by atoms with E-state index in [1.165, 1.54) is 4.90 Å². The van der Waals surface area contributed by atoms with Crippen molar-refractivity contribution in [1.82, 2.24) is 20.1 Å². The summed E-state index contributed by atoms with van der Waals surface area (Å²) in [4.78, 5) is 46.6. The minimum atomic E-state index is -1.33. The molecule has 4 unspecified atom stereocenters. The number of ether oxygens (including phenoxy) is 2. The van der Waals surface area contributed by atoms with E-state index in [4.69, 9.17) is 9.47 Å². The first-order chi connectivity index (χ1) is 18.2. The van der Waals surface area contributed by atoms with Crippen molar-refractivity contribution in [1.29, 1.82) is 0 Å². The summed E-state index contributed by atoms with van der Waals surface area (Å²) in [6.07, 6.45) is 8.06. The molecule has 3 aliphatic rings. The Morgan fingerprint density at radius 3 is 2.84 bits per heavy atom. The number of aromatic nitrogens is 1. The van der Waals surface area contributed by atoms with Gasteiger partial charge in [-0.25, -0.2) is 14.6 Å². The van der Waals surface area contributed by atoms with Crippen LogP contribution < -0.4 is 14.8 Å². The van der Waals surface area contributed by atoms with Gasteiger partial charge in [-0.05, 0) is 59.8 Å². The van der Waals surface area contributed by atoms with Crippen LogP contribution in [-0.2, 0) is 9.59 Å². The van der Waals surface area contributed by atoms with E-state index in [1.54, 1.807) is 25.3 Å². The Bertz CT molecular complexity index is 1300. The fraction of sp³-hybridized carbons (Fsp3) is 0.481. The van der Waals surface area contributed by atoms with Crippen molar-refractivity contribution in [2.75, 3.05) is 27.2 Å². The highest BCUT2D eigenvalue weighted by molar-refractivity contribution is 9.10. The summed E-state index contributed by atoms with van der Waals surface area (Å²) in [5.74, 6) is -0.723. The van der Waals surface area contributed by atoms with E-state index in [9.17, 15) is 19.5 Å². The first-order valence-corrected chi connectivity index (χ1v) is 13.6. The van der Waals surface area contributed by atoms with Crippen LogP contribution in [0.1, 0.15) is 32.1 Å². The van der Waals surface area contributed by atoms with Crippen LogP contribution in [0, 0.1) is 5.92 Å². The second-order valence-corrected chi connectivity index (χ2v) is 11.0. The molecule has 0 radical (unpaired) electrons. The molecule has 38 heavy (non-hydrogen) atoms. The number of aliphatic carboxylic acids is 1. The van der Waals surface area contributed by atoms with Gasteiger partial charge in [-0.3, -0.25) is 4.79 Å². The number of hydrogen-bond acceptors (Lipinski definition) is 6. The van der Waals surface area contributed by atoms with Crippen LogP contribution in [0.5, 0.6) is 11.6 Å². The third kappa shape index (κ3) is 4.91. The Hall–Kier alpha value is -3.34. The number of urea groups is 1. The third-order valence-electron chi connectivity index (χ3n) is 7.65. The molecule has 2 aromatic rings. The molecule has 1 aromatic heterocycles. The van der Waals surface area contributed by atoms with Crippen molar-refractivity contribution in [3.63, 3.8) is 0 Å². The maximum Gasteiger partial charge on any atom is 0.330 e. The molecule has 11 heteroatoms. The van der Waals surface area contributed by atoms with Crippen LogP contribution in [0.3, 0.4) is 0 Å². The van der Waals surface area contributed by atoms with Gasteiger partial charge in [-0.1, -0.05) is 12.2 Å². The average Bonchev–Trinajstić information content (AvgIpc) is 3.44. The number of hydrogen-bond donors (Lipinski definition) is 2. The molecule has 0 bridgehead atoms. The van der Waals surface area contributed by atoms with Gasteiger partial charge in [0.15, 0.2) is 0 Å². The molecule has 2 N–H and O–H groups in total. The van der Waals surface area contributed by atoms with Gasteiger partial charge < -0.3 is 29.7 Å². The van der Waals surface area contributed by atoms with Crippen molar-refractivity contribution in [2.45, 2.75) is 49.8 Å². The number of amides is 3. The summed E-state index contributed by atoms with van der Waals surface area (Å²) in [5, 5.41) is 14.3. The summed E-state index contributed by atoms with van der Waals surface area (Å²) < 4.78 is 12.4. The van der Waals surface area contributed by atoms with Gasteiger partial charge in [-0.15, -0.1) is 0 Å². The minimum Gasteiger partial charge on any atom is -0.497 e. The fourth-order valence-corrected chi connectivity index (χ4v) is 5.77. The number of carboxylic acids is 1. The molecule has 3 heterocycles. The van der Waals surface area contributed by atoms with Crippen LogP contribution in [-0.4, -0.2) is 82.7 Å². The van der Waals surface area contributed by atoms with Gasteiger partial charge >= 0.3 is 12.0 Å². The van der Waals surface area contributed by atoms with E-state index in [0.717, 1.165) is 34.5 Å². The van der Waals surface area contributed by atoms with Crippen LogP contribution in [0.25, 0.3) is 10.8 Å². The topological polar surface area (TPSA) is 121 Å². The molecule has 1 saturated carbocycles. The zero-order valence-electron chi connectivity index (χ0n) is 21.4. The molecule has 2 fully saturated rings. The van der Waals surface area contributed by atoms with Gasteiger partial charge in [0.2, 0.25) is 11.8 Å². The summed E-state index contributed by atoms with van der Waals surface area (Å²) in [6.45, 7) is 0.742. The lowest BCUT2D eigenvalue weighted by atomic mass is 10.1. The van der Waals surface area contributed by atoms with Crippen LogP contribution >= 0.6 is 15.9 Å². The van der Waals surface area contributed by atoms with Crippen molar-refractivity contribution in [3.8, 4) is 11.6 Å². The van der Waals surface area contributed by atoms with Gasteiger partial charge in [-0.2, -0.15) is 0 Å². The number of methoxy groups -OCH3 is 1. The molecule has 3 amide bonds. The Labute approximate surface area is 229 Å². The Balaban J connectivity index is 1.42. The standard InChI is InChI=1S/C27H31BrN4O6/c1-31-10-6-4-3-5-7-16-13-27(16,25(34)35)30-23(33)22-12-18(15-32(22)26(31)36)38-24-19-9-8-17(37-2)11-20(19)21(28)14-29-24/h5,7-9,11,14,16,18,22H,3-4,6,10,12-13,15H2,1-2H3,(H,30,33)(H,34,35)/b7-5-. The molecule has 10 nitrogen and oxygen atoms in total. The van der Waals surface area contributed by atoms with E-state index >= 15 is 0 Å². The summed E-state index contributed by atoms with van der Waals surface area (Å²) in [6, 6.07) is 4.41. The van der Waals surface area contributed by atoms with Crippen LogP contribution in [0.2, 0.25) is 0 Å². The first kappa shape index (κ1) is 26.3. The van der Waals surface area contributed by atoms with E-state index in [0.29, 0.717) is 24.6 Å². The average molecular weight is 587 g/mol. The van der Waals surface area contributed by atoms with Gasteiger partial charge in [0, 0.05) is 47.4 Å². The lowest BCUT2D eigenvalue weighted by Crippen LogP contribution is -2.54. The molecule has 1 aliphatic carbocycles. The number of carbonyl (C=O) groups is 3. The molecule has 1 saturated heterocycles. The molecule has 5 rings (SSSR count). The predicted octanol–water partition coefficient (Wildman–Crippen LogP) is 3.58. The van der Waals surface area contributed by atoms with Crippen molar-refractivity contribution in [3.05, 3.63) is 41.0 Å². The number of carbonyl (C=O) groups excluding carboxylic acids is 2. The lowest BCUT2D eigenvalue weighted by Gasteiger charge is -2.29. The highest BCUT2D eigenvalue weighted by Gasteiger charge is 2.61. The van der Waals surface area contributed by atoms with Crippen molar-refractivity contribution < 1.29 is 29.0 Å². The van der Waals surface area contributed by atoms with Crippen LogP contribution in [0.4, 0.5) is 4.79 Å². The number of nitrogens with one attached hydrogen (secondary N) is 1. The smallest absolute Gasteiger partial charge is 0.330 e. The molecule has 1 aromatic carbocycles. The molecular weight excluding hydrogens is 556 g/mol. The highest BCUT2D eigenvalue weighted by atomic mass is 79.9. The molecular formula is C27H31BrN4O6. The monoisotopic (exact) mass is 586 g/mol. The number of nitrogens with zero attached hydrogens (tertiary/aromatic N) is 3. The zero-order valence-corrected chi connectivity index (χ0v) is 22.9. The number of allylic oxidation sites excluding steroid dienone is 1. The normalized spacial score (nSPS) is 28.7. The first-order valence-electron chi connectivity index (χ1n) is 12.8. The zero-order chi connectivity index (χ0) is 27.0. The largest absolute Gasteiger partial charge is 0.497 e. The van der Waals surface area contributed by atoms with E-state index < -0.39 is 29.6 Å². The van der Waals surface area contributed by atoms with E-state index in [1.807, 2.05) is 30.4 Å². The SMILES string of the molecule is COc1ccc2c(OC3CC4C(=O)NC5(C(=O)O)CC5/C=C\CCCCN(C)C(=O)N4C3)ncc(Br)c2c1. The van der Waals surface area contributed by atoms with Crippen LogP contribution in [0.15, 0.2) is 41.0 Å². The molecule has 2 aliphatic heterocycles. The number of halogens is 1. The second-order valence-electron chi connectivity index (χ2n) is 10.2. The highest BCUT2D eigenvalue weighted by Crippen LogP contribution is 2.45. The minimum absolute atomic E-state index is 0.181. The molecule has 202 valence electrons. The Kier molecular flexibility index (Phi) is 7.21. The number of carboxylic acid groups (broad SMARTS) is 1. The molecule has 0 spiro atoms. The lowest BCUT2D eigenvalue weighted by molar-refractivity contribution is -0.144. The Morgan fingerprint density at radius 2 is 2.08 bits per heavy atom. The maximum absolute atomic E-state index is 13.5. The van der Waals surface area contributed by atoms with Crippen molar-refractivity contribution >= 4 is 44.6 Å². The van der Waals surface area contributed by atoms with Gasteiger partial charge in [0.25, 0.3) is 0 Å². The van der Waals surface area contributed by atoms with E-state index in [2.05, 4.69) is 26.2 Å². The number of benzene rings is 1. The number of fused-ring (bicyclic) bond motifs is 3.